The number of oxime groups is 1. The third kappa shape index (κ3) is 1.88. The van der Waals surface area contributed by atoms with Gasteiger partial charge in [0.2, 0.25) is 0 Å². The molecule has 0 aromatic carbocycles. The Morgan fingerprint density at radius 2 is 2.06 bits per heavy atom. The van der Waals surface area contributed by atoms with Crippen LogP contribution in [0.2, 0.25) is 5.02 Å². The lowest BCUT2D eigenvalue weighted by Crippen LogP contribution is -2.20. The van der Waals surface area contributed by atoms with Gasteiger partial charge in [0, 0.05) is 12.4 Å². The first-order valence-corrected chi connectivity index (χ1v) is 5.45. The van der Waals surface area contributed by atoms with Gasteiger partial charge in [0.05, 0.1) is 16.4 Å². The molecule has 0 aliphatic carbocycles. The normalized spacial score (nSPS) is 11.8. The Labute approximate surface area is 108 Å². The average Bonchev–Trinajstić information content (AvgIpc) is 2.65. The molecule has 0 aliphatic rings. The van der Waals surface area contributed by atoms with E-state index in [4.69, 9.17) is 22.5 Å². The van der Waals surface area contributed by atoms with Crippen LogP contribution in [0.15, 0.2) is 17.5 Å². The van der Waals surface area contributed by atoms with Crippen LogP contribution in [0.4, 0.5) is 0 Å². The minimum absolute atomic E-state index is 0.137. The van der Waals surface area contributed by atoms with Gasteiger partial charge < -0.3 is 10.9 Å². The second-order valence-corrected chi connectivity index (χ2v) is 3.99. The number of aromatic nitrogens is 4. The highest BCUT2D eigenvalue weighted by Gasteiger charge is 2.17. The van der Waals surface area contributed by atoms with Crippen molar-refractivity contribution in [2.24, 2.45) is 10.9 Å². The van der Waals surface area contributed by atoms with Gasteiger partial charge in [-0.3, -0.25) is 0 Å². The van der Waals surface area contributed by atoms with Crippen molar-refractivity contribution in [2.75, 3.05) is 0 Å². The van der Waals surface area contributed by atoms with E-state index in [1.165, 1.54) is 17.1 Å². The van der Waals surface area contributed by atoms with E-state index in [0.29, 0.717) is 22.2 Å². The molecule has 18 heavy (non-hydrogen) atoms. The highest BCUT2D eigenvalue weighted by atomic mass is 35.5. The number of hydrogen-bond acceptors (Lipinski definition) is 5. The van der Waals surface area contributed by atoms with E-state index in [2.05, 4.69) is 20.2 Å². The van der Waals surface area contributed by atoms with E-state index in [1.807, 2.05) is 0 Å². The molecular formula is C10H11ClN6O. The van der Waals surface area contributed by atoms with Crippen LogP contribution in [-0.2, 0) is 0 Å². The predicted molar refractivity (Wildman–Crippen MR) is 66.1 cm³/mol. The molecule has 0 bridgehead atoms. The van der Waals surface area contributed by atoms with Crippen molar-refractivity contribution >= 4 is 17.4 Å². The van der Waals surface area contributed by atoms with Crippen LogP contribution in [-0.4, -0.2) is 30.8 Å². The van der Waals surface area contributed by atoms with Gasteiger partial charge >= 0.3 is 0 Å². The van der Waals surface area contributed by atoms with Gasteiger partial charge in [-0.25, -0.2) is 14.6 Å². The quantitative estimate of drug-likeness (QED) is 0.366. The lowest BCUT2D eigenvalue weighted by molar-refractivity contribution is 0.318. The molecule has 3 N–H and O–H groups in total. The first-order chi connectivity index (χ1) is 8.56. The van der Waals surface area contributed by atoms with E-state index in [1.54, 1.807) is 13.8 Å². The SMILES string of the molecule is Cc1nn(-c2nccnc2C(N)=NO)c(C)c1Cl. The molecular weight excluding hydrogens is 256 g/mol. The summed E-state index contributed by atoms with van der Waals surface area (Å²) in [7, 11) is 0. The largest absolute Gasteiger partial charge is 0.409 e. The molecule has 8 heteroatoms. The van der Waals surface area contributed by atoms with Gasteiger partial charge in [0.1, 0.15) is 0 Å². The van der Waals surface area contributed by atoms with Crippen LogP contribution in [0, 0.1) is 13.8 Å². The van der Waals surface area contributed by atoms with E-state index >= 15 is 0 Å². The fourth-order valence-electron chi connectivity index (χ4n) is 1.54. The van der Waals surface area contributed by atoms with Crippen LogP contribution < -0.4 is 5.73 Å². The topological polar surface area (TPSA) is 102 Å². The Morgan fingerprint density at radius 3 is 2.61 bits per heavy atom. The molecule has 2 aromatic heterocycles. The van der Waals surface area contributed by atoms with Gasteiger partial charge in [-0.2, -0.15) is 5.10 Å². The molecule has 2 rings (SSSR count). The molecule has 0 spiro atoms. The fraction of sp³-hybridized carbons (Fsp3) is 0.200. The maximum atomic E-state index is 8.73. The van der Waals surface area contributed by atoms with Crippen LogP contribution in [0.25, 0.3) is 5.82 Å². The summed E-state index contributed by atoms with van der Waals surface area (Å²) in [5, 5.41) is 16.4. The molecule has 0 saturated heterocycles. The van der Waals surface area contributed by atoms with Gasteiger partial charge in [-0.1, -0.05) is 16.8 Å². The first-order valence-electron chi connectivity index (χ1n) is 5.07. The van der Waals surface area contributed by atoms with Crippen molar-refractivity contribution in [1.29, 1.82) is 0 Å². The second kappa shape index (κ2) is 4.61. The number of amidine groups is 1. The summed E-state index contributed by atoms with van der Waals surface area (Å²) in [6.07, 6.45) is 2.94. The zero-order valence-corrected chi connectivity index (χ0v) is 10.5. The summed E-state index contributed by atoms with van der Waals surface area (Å²) in [6, 6.07) is 0. The molecule has 0 radical (unpaired) electrons. The number of aryl methyl sites for hydroxylation is 1. The summed E-state index contributed by atoms with van der Waals surface area (Å²) < 4.78 is 1.51. The number of halogens is 1. The van der Waals surface area contributed by atoms with Crippen LogP contribution in [0.1, 0.15) is 17.1 Å². The fourth-order valence-corrected chi connectivity index (χ4v) is 1.66. The summed E-state index contributed by atoms with van der Waals surface area (Å²) in [6.45, 7) is 3.58. The van der Waals surface area contributed by atoms with Gasteiger partial charge in [-0.15, -0.1) is 0 Å². The molecule has 0 atom stereocenters. The van der Waals surface area contributed by atoms with Crippen molar-refractivity contribution in [3.05, 3.63) is 34.5 Å². The van der Waals surface area contributed by atoms with Crippen LogP contribution in [0.3, 0.4) is 0 Å². The number of hydrogen-bond donors (Lipinski definition) is 2. The van der Waals surface area contributed by atoms with Crippen molar-refractivity contribution in [3.63, 3.8) is 0 Å². The maximum absolute atomic E-state index is 8.73. The maximum Gasteiger partial charge on any atom is 0.192 e. The molecule has 0 amide bonds. The summed E-state index contributed by atoms with van der Waals surface area (Å²) in [5.74, 6) is 0.224. The average molecular weight is 267 g/mol. The molecule has 7 nitrogen and oxygen atoms in total. The molecule has 2 heterocycles. The molecule has 0 fully saturated rings. The summed E-state index contributed by atoms with van der Waals surface area (Å²) in [4.78, 5) is 8.16. The molecule has 0 unspecified atom stereocenters. The second-order valence-electron chi connectivity index (χ2n) is 3.61. The Balaban J connectivity index is 2.68. The molecule has 2 aromatic rings. The molecule has 0 saturated carbocycles. The Kier molecular flexibility index (Phi) is 3.15. The van der Waals surface area contributed by atoms with Gasteiger partial charge in [0.25, 0.3) is 0 Å². The molecule has 94 valence electrons. The highest BCUT2D eigenvalue weighted by Crippen LogP contribution is 2.22. The number of nitrogens with zero attached hydrogens (tertiary/aromatic N) is 5. The molecule has 0 aliphatic heterocycles. The van der Waals surface area contributed by atoms with E-state index in [0.717, 1.165) is 0 Å². The summed E-state index contributed by atoms with van der Waals surface area (Å²) >= 11 is 6.07. The predicted octanol–water partition coefficient (Wildman–Crippen LogP) is 1.03. The Morgan fingerprint density at radius 1 is 1.39 bits per heavy atom. The standard InChI is InChI=1S/C10H11ClN6O/c1-5-7(11)6(2)17(15-5)10-8(9(12)16-18)13-3-4-14-10/h3-4,18H,1-2H3,(H2,12,16). The smallest absolute Gasteiger partial charge is 0.192 e. The third-order valence-electron chi connectivity index (χ3n) is 2.43. The van der Waals surface area contributed by atoms with E-state index in [9.17, 15) is 0 Å². The first kappa shape index (κ1) is 12.3. The van der Waals surface area contributed by atoms with E-state index in [-0.39, 0.29) is 11.5 Å². The highest BCUT2D eigenvalue weighted by molar-refractivity contribution is 6.31. The van der Waals surface area contributed by atoms with Gasteiger partial charge in [0.15, 0.2) is 17.3 Å². The number of rotatable bonds is 2. The Hall–Kier alpha value is -2.15. The Bertz CT molecular complexity index is 621. The minimum Gasteiger partial charge on any atom is -0.409 e. The summed E-state index contributed by atoms with van der Waals surface area (Å²) in [5.41, 5.74) is 7.17. The van der Waals surface area contributed by atoms with Crippen molar-refractivity contribution in [1.82, 2.24) is 19.7 Å². The van der Waals surface area contributed by atoms with Crippen molar-refractivity contribution in [3.8, 4) is 5.82 Å². The van der Waals surface area contributed by atoms with Crippen LogP contribution in [0.5, 0.6) is 0 Å². The van der Waals surface area contributed by atoms with Crippen LogP contribution >= 0.6 is 11.6 Å². The lowest BCUT2D eigenvalue weighted by Gasteiger charge is -2.07. The lowest BCUT2D eigenvalue weighted by atomic mass is 10.3. The zero-order chi connectivity index (χ0) is 13.3. The monoisotopic (exact) mass is 266 g/mol. The van der Waals surface area contributed by atoms with E-state index < -0.39 is 0 Å². The number of nitrogens with two attached hydrogens (primary N) is 1. The minimum atomic E-state index is -0.137. The third-order valence-corrected chi connectivity index (χ3v) is 2.98. The van der Waals surface area contributed by atoms with Crippen molar-refractivity contribution < 1.29 is 5.21 Å². The zero-order valence-electron chi connectivity index (χ0n) is 9.79. The van der Waals surface area contributed by atoms with Gasteiger partial charge in [-0.05, 0) is 13.8 Å². The van der Waals surface area contributed by atoms with Crippen molar-refractivity contribution in [2.45, 2.75) is 13.8 Å².